The van der Waals surface area contributed by atoms with Crippen LogP contribution in [0.15, 0.2) is 12.4 Å². The topological polar surface area (TPSA) is 57.8 Å². The molecule has 0 bridgehead atoms. The summed E-state index contributed by atoms with van der Waals surface area (Å²) >= 11 is 0. The molecule has 0 aliphatic rings. The van der Waals surface area contributed by atoms with Gasteiger partial charge in [0.15, 0.2) is 0 Å². The second kappa shape index (κ2) is 3.48. The minimum atomic E-state index is -5.83. The van der Waals surface area contributed by atoms with Crippen LogP contribution in [0.5, 0.6) is 0 Å². The van der Waals surface area contributed by atoms with E-state index in [9.17, 15) is 26.7 Å². The molecule has 2 N–H and O–H groups in total. The summed E-state index contributed by atoms with van der Waals surface area (Å²) < 4.78 is 59.5. The summed E-state index contributed by atoms with van der Waals surface area (Å²) in [5.41, 5.74) is -0.418. The van der Waals surface area contributed by atoms with Gasteiger partial charge in [0, 0.05) is 6.20 Å². The fourth-order valence-electron chi connectivity index (χ4n) is 0.661. The molecule has 0 radical (unpaired) electrons. The van der Waals surface area contributed by atoms with Crippen LogP contribution in [0.2, 0.25) is 0 Å². The number of amides is 1. The van der Waals surface area contributed by atoms with E-state index in [0.717, 1.165) is 12.4 Å². The first kappa shape index (κ1) is 11.4. The second-order valence-electron chi connectivity index (χ2n) is 2.51. The van der Waals surface area contributed by atoms with Crippen molar-refractivity contribution in [1.82, 2.24) is 15.5 Å². The molecule has 0 aromatic carbocycles. The minimum Gasteiger partial charge on any atom is -0.285 e. The molecule has 0 unspecified atom stereocenters. The number of carbonyl (C=O) groups excluding carboxylic acids is 1. The van der Waals surface area contributed by atoms with Crippen molar-refractivity contribution in [2.24, 2.45) is 0 Å². The zero-order valence-corrected chi connectivity index (χ0v) is 6.90. The third-order valence-electron chi connectivity index (χ3n) is 1.39. The molecule has 0 fully saturated rings. The normalized spacial score (nSPS) is 12.6. The van der Waals surface area contributed by atoms with Crippen LogP contribution in [0.3, 0.4) is 0 Å². The molecule has 9 heteroatoms. The lowest BCUT2D eigenvalue weighted by Gasteiger charge is -2.19. The summed E-state index contributed by atoms with van der Waals surface area (Å²) in [6.07, 6.45) is -4.12. The smallest absolute Gasteiger partial charge is 0.285 e. The third kappa shape index (κ3) is 2.42. The molecule has 15 heavy (non-hydrogen) atoms. The minimum absolute atomic E-state index is 0.418. The van der Waals surface area contributed by atoms with Crippen LogP contribution in [-0.4, -0.2) is 28.3 Å². The Morgan fingerprint density at radius 1 is 1.33 bits per heavy atom. The molecule has 1 aromatic heterocycles. The van der Waals surface area contributed by atoms with Crippen molar-refractivity contribution >= 4 is 5.91 Å². The second-order valence-corrected chi connectivity index (χ2v) is 2.51. The molecule has 0 spiro atoms. The largest absolute Gasteiger partial charge is 0.475 e. The average molecular weight is 229 g/mol. The Kier molecular flexibility index (Phi) is 2.65. The zero-order chi connectivity index (χ0) is 11.7. The quantitative estimate of drug-likeness (QED) is 0.593. The predicted octanol–water partition coefficient (Wildman–Crippen LogP) is 1.29. The van der Waals surface area contributed by atoms with E-state index in [0.29, 0.717) is 5.32 Å². The van der Waals surface area contributed by atoms with Crippen molar-refractivity contribution in [2.45, 2.75) is 12.2 Å². The summed E-state index contributed by atoms with van der Waals surface area (Å²) in [6, 6.07) is -5.26. The van der Waals surface area contributed by atoms with Crippen molar-refractivity contribution in [3.8, 4) is 0 Å². The first-order valence-electron chi connectivity index (χ1n) is 3.50. The van der Waals surface area contributed by atoms with E-state index in [-0.39, 0.29) is 0 Å². The molecular weight excluding hydrogens is 225 g/mol. The summed E-state index contributed by atoms with van der Waals surface area (Å²) in [4.78, 5) is 10.8. The van der Waals surface area contributed by atoms with Crippen LogP contribution >= 0.6 is 0 Å². The van der Waals surface area contributed by atoms with Gasteiger partial charge in [-0.1, -0.05) is 0 Å². The van der Waals surface area contributed by atoms with Gasteiger partial charge in [-0.3, -0.25) is 15.2 Å². The zero-order valence-electron chi connectivity index (χ0n) is 6.90. The van der Waals surface area contributed by atoms with E-state index in [2.05, 4.69) is 10.2 Å². The highest BCUT2D eigenvalue weighted by Gasteiger charge is 2.58. The number of rotatable bonds is 2. The van der Waals surface area contributed by atoms with Crippen molar-refractivity contribution in [1.29, 1.82) is 0 Å². The number of nitrogens with zero attached hydrogens (tertiary/aromatic N) is 1. The predicted molar refractivity (Wildman–Crippen MR) is 37.1 cm³/mol. The number of carbonyl (C=O) groups is 1. The molecule has 1 heterocycles. The number of alkyl halides is 5. The lowest BCUT2D eigenvalue weighted by Crippen LogP contribution is -2.51. The van der Waals surface area contributed by atoms with Gasteiger partial charge in [-0.15, -0.1) is 0 Å². The van der Waals surface area contributed by atoms with Crippen molar-refractivity contribution in [2.75, 3.05) is 0 Å². The van der Waals surface area contributed by atoms with Gasteiger partial charge in [-0.25, -0.2) is 0 Å². The Morgan fingerprint density at radius 3 is 2.33 bits per heavy atom. The highest BCUT2D eigenvalue weighted by Crippen LogP contribution is 2.32. The van der Waals surface area contributed by atoms with Gasteiger partial charge in [0.2, 0.25) is 0 Å². The number of aromatic nitrogens is 2. The molecule has 1 amide bonds. The van der Waals surface area contributed by atoms with Crippen molar-refractivity contribution < 1.29 is 26.7 Å². The molecule has 0 atom stereocenters. The van der Waals surface area contributed by atoms with Gasteiger partial charge in [0.1, 0.15) is 0 Å². The number of H-pyrrole nitrogens is 1. The Balaban J connectivity index is 2.75. The van der Waals surface area contributed by atoms with Gasteiger partial charge in [0.05, 0.1) is 11.8 Å². The lowest BCUT2D eigenvalue weighted by molar-refractivity contribution is -0.290. The van der Waals surface area contributed by atoms with Gasteiger partial charge < -0.3 is 0 Å². The van der Waals surface area contributed by atoms with Crippen molar-refractivity contribution in [3.05, 3.63) is 18.0 Å². The van der Waals surface area contributed by atoms with E-state index in [4.69, 9.17) is 0 Å². The standard InChI is InChI=1S/C6H4F5N3O/c7-5(8,9)6(10,11)14-4(15)3-1-12-13-2-3/h1-2H,(H,12,13)(H,14,15). The monoisotopic (exact) mass is 229 g/mol. The maximum Gasteiger partial charge on any atom is 0.475 e. The Labute approximate surface area is 79.5 Å². The van der Waals surface area contributed by atoms with Crippen LogP contribution < -0.4 is 5.32 Å². The molecule has 1 rings (SSSR count). The molecule has 4 nitrogen and oxygen atoms in total. The SMILES string of the molecule is O=C(NC(F)(F)C(F)(F)F)c1cn[nH]c1. The summed E-state index contributed by atoms with van der Waals surface area (Å²) in [7, 11) is 0. The molecular formula is C6H4F5N3O. The van der Waals surface area contributed by atoms with Gasteiger partial charge in [0.25, 0.3) is 5.91 Å². The maximum atomic E-state index is 12.3. The fraction of sp³-hybridized carbons (Fsp3) is 0.333. The van der Waals surface area contributed by atoms with E-state index in [1.54, 1.807) is 0 Å². The molecule has 1 aromatic rings. The summed E-state index contributed by atoms with van der Waals surface area (Å²) in [5, 5.41) is 5.86. The third-order valence-corrected chi connectivity index (χ3v) is 1.39. The van der Waals surface area contributed by atoms with Crippen molar-refractivity contribution in [3.63, 3.8) is 0 Å². The Hall–Kier alpha value is -1.67. The molecule has 0 saturated heterocycles. The highest BCUT2D eigenvalue weighted by atomic mass is 19.4. The molecule has 0 aliphatic carbocycles. The first-order valence-corrected chi connectivity index (χ1v) is 3.50. The fourth-order valence-corrected chi connectivity index (χ4v) is 0.661. The molecule has 0 saturated carbocycles. The summed E-state index contributed by atoms with van der Waals surface area (Å²) in [6.45, 7) is 0. The summed E-state index contributed by atoms with van der Waals surface area (Å²) in [5.74, 6) is -1.56. The van der Waals surface area contributed by atoms with Gasteiger partial charge in [-0.2, -0.15) is 27.1 Å². The molecule has 0 aliphatic heterocycles. The van der Waals surface area contributed by atoms with Gasteiger partial charge >= 0.3 is 12.2 Å². The van der Waals surface area contributed by atoms with Crippen LogP contribution in [0.25, 0.3) is 0 Å². The van der Waals surface area contributed by atoms with E-state index >= 15 is 0 Å². The van der Waals surface area contributed by atoms with E-state index < -0.39 is 23.7 Å². The Bertz CT molecular complexity index is 344. The lowest BCUT2D eigenvalue weighted by atomic mass is 10.3. The highest BCUT2D eigenvalue weighted by molar-refractivity contribution is 5.93. The van der Waals surface area contributed by atoms with E-state index in [1.165, 1.54) is 0 Å². The number of halogens is 5. The number of nitrogens with one attached hydrogen (secondary N) is 2. The number of aromatic amines is 1. The Morgan fingerprint density at radius 2 is 1.93 bits per heavy atom. The van der Waals surface area contributed by atoms with Crippen LogP contribution in [0.1, 0.15) is 10.4 Å². The average Bonchev–Trinajstić information content (AvgIpc) is 2.51. The molecule has 84 valence electrons. The van der Waals surface area contributed by atoms with Gasteiger partial charge in [-0.05, 0) is 0 Å². The van der Waals surface area contributed by atoms with Crippen LogP contribution in [0, 0.1) is 0 Å². The van der Waals surface area contributed by atoms with E-state index in [1.807, 2.05) is 0 Å². The number of hydrogen-bond acceptors (Lipinski definition) is 2. The number of hydrogen-bond donors (Lipinski definition) is 2. The maximum absolute atomic E-state index is 12.3. The van der Waals surface area contributed by atoms with Crippen LogP contribution in [-0.2, 0) is 0 Å². The first-order chi connectivity index (χ1) is 6.74. The van der Waals surface area contributed by atoms with Crippen LogP contribution in [0.4, 0.5) is 22.0 Å².